The van der Waals surface area contributed by atoms with Crippen LogP contribution < -0.4 is 5.32 Å². The number of fused-ring (bicyclic) bond motifs is 1. The molecule has 2 unspecified atom stereocenters. The first-order valence-electron chi connectivity index (χ1n) is 9.35. The van der Waals surface area contributed by atoms with Crippen LogP contribution in [0, 0.1) is 0 Å². The number of anilines is 1. The number of methoxy groups -OCH3 is 1. The van der Waals surface area contributed by atoms with E-state index in [4.69, 9.17) is 17.0 Å². The quantitative estimate of drug-likeness (QED) is 0.455. The topological polar surface area (TPSA) is 41.6 Å². The van der Waals surface area contributed by atoms with Gasteiger partial charge in [-0.15, -0.1) is 11.3 Å². The molecule has 25 heavy (non-hydrogen) atoms. The zero-order valence-electron chi connectivity index (χ0n) is 15.4. The predicted octanol–water partition coefficient (Wildman–Crippen LogP) is 4.76. The molecule has 1 aliphatic heterocycles. The Kier molecular flexibility index (Phi) is 6.00. The monoisotopic (exact) mass is 380 g/mol. The number of nitrogens with zero attached hydrogens (tertiary/aromatic N) is 1. The van der Waals surface area contributed by atoms with Crippen molar-refractivity contribution >= 4 is 39.6 Å². The Morgan fingerprint density at radius 3 is 2.52 bits per heavy atom. The lowest BCUT2D eigenvalue weighted by Gasteiger charge is -2.40. The average molecular weight is 381 g/mol. The number of thiocarbonyl (C=S) groups is 1. The van der Waals surface area contributed by atoms with E-state index < -0.39 is 0 Å². The first-order chi connectivity index (χ1) is 12.0. The highest BCUT2D eigenvalue weighted by Gasteiger charge is 2.30. The fraction of sp³-hybridized carbons (Fsp3) is 0.684. The van der Waals surface area contributed by atoms with Crippen LogP contribution in [0.1, 0.15) is 73.2 Å². The largest absolute Gasteiger partial charge is 0.465 e. The maximum Gasteiger partial charge on any atom is 0.341 e. The molecule has 0 saturated carbocycles. The Morgan fingerprint density at radius 1 is 1.16 bits per heavy atom. The van der Waals surface area contributed by atoms with Crippen molar-refractivity contribution in [2.75, 3.05) is 12.4 Å². The molecule has 1 N–H and O–H groups in total. The van der Waals surface area contributed by atoms with Crippen molar-refractivity contribution in [3.05, 3.63) is 16.0 Å². The van der Waals surface area contributed by atoms with Gasteiger partial charge >= 0.3 is 5.97 Å². The smallest absolute Gasteiger partial charge is 0.341 e. The molecule has 1 aromatic heterocycles. The van der Waals surface area contributed by atoms with Gasteiger partial charge in [0, 0.05) is 17.0 Å². The Bertz CT molecular complexity index is 646. The summed E-state index contributed by atoms with van der Waals surface area (Å²) < 4.78 is 5.08. The van der Waals surface area contributed by atoms with Crippen molar-refractivity contribution in [1.29, 1.82) is 0 Å². The van der Waals surface area contributed by atoms with Gasteiger partial charge in [0.25, 0.3) is 0 Å². The number of hydrogen-bond acceptors (Lipinski definition) is 4. The molecule has 0 radical (unpaired) electrons. The minimum Gasteiger partial charge on any atom is -0.465 e. The maximum absolute atomic E-state index is 12.5. The molecule has 2 heterocycles. The van der Waals surface area contributed by atoms with E-state index in [0.717, 1.165) is 42.2 Å². The molecule has 1 aliphatic carbocycles. The Balaban J connectivity index is 1.88. The number of esters is 1. The summed E-state index contributed by atoms with van der Waals surface area (Å²) >= 11 is 7.42. The normalized spacial score (nSPS) is 23.6. The number of nitrogens with one attached hydrogen (secondary N) is 1. The molecule has 4 nitrogen and oxygen atoms in total. The van der Waals surface area contributed by atoms with Gasteiger partial charge in [0.1, 0.15) is 5.00 Å². The molecule has 1 aromatic rings. The van der Waals surface area contributed by atoms with E-state index in [1.54, 1.807) is 11.3 Å². The highest BCUT2D eigenvalue weighted by atomic mass is 32.1. The van der Waals surface area contributed by atoms with Gasteiger partial charge in [-0.1, -0.05) is 6.42 Å². The molecule has 6 heteroatoms. The van der Waals surface area contributed by atoms with E-state index in [2.05, 4.69) is 24.1 Å². The fourth-order valence-electron chi connectivity index (χ4n) is 4.13. The van der Waals surface area contributed by atoms with E-state index in [-0.39, 0.29) is 5.97 Å². The molecule has 1 saturated heterocycles. The first-order valence-corrected chi connectivity index (χ1v) is 10.6. The van der Waals surface area contributed by atoms with Crippen LogP contribution in [0.2, 0.25) is 0 Å². The van der Waals surface area contributed by atoms with E-state index in [0.29, 0.717) is 17.6 Å². The second-order valence-corrected chi connectivity index (χ2v) is 8.72. The number of piperidine rings is 1. The molecular weight excluding hydrogens is 352 g/mol. The third-order valence-electron chi connectivity index (χ3n) is 5.46. The Labute approximate surface area is 159 Å². The number of aryl methyl sites for hydroxylation is 1. The predicted molar refractivity (Wildman–Crippen MR) is 108 cm³/mol. The van der Waals surface area contributed by atoms with Crippen LogP contribution >= 0.6 is 23.6 Å². The zero-order valence-corrected chi connectivity index (χ0v) is 17.0. The molecule has 138 valence electrons. The lowest BCUT2D eigenvalue weighted by molar-refractivity contribution is 0.0601. The highest BCUT2D eigenvalue weighted by Crippen LogP contribution is 2.38. The minimum absolute atomic E-state index is 0.246. The molecule has 2 aliphatic rings. The number of ether oxygens (including phenoxy) is 1. The van der Waals surface area contributed by atoms with E-state index in [9.17, 15) is 4.79 Å². The van der Waals surface area contributed by atoms with Crippen LogP contribution in [0.4, 0.5) is 5.00 Å². The molecule has 1 fully saturated rings. The van der Waals surface area contributed by atoms with Crippen molar-refractivity contribution in [1.82, 2.24) is 4.90 Å². The standard InChI is InChI=1S/C19H28N2O2S2/c1-12-8-7-9-13(2)21(12)19(24)20-17-16(18(22)23-3)14-10-5-4-6-11-15(14)25-17/h12-13H,4-11H2,1-3H3,(H,20,24). The van der Waals surface area contributed by atoms with Crippen LogP contribution in [0.3, 0.4) is 0 Å². The lowest BCUT2D eigenvalue weighted by atomic mass is 9.98. The fourth-order valence-corrected chi connectivity index (χ4v) is 5.93. The molecule has 0 amide bonds. The second kappa shape index (κ2) is 8.04. The first kappa shape index (κ1) is 18.6. The summed E-state index contributed by atoms with van der Waals surface area (Å²) in [5, 5.41) is 5.02. The van der Waals surface area contributed by atoms with Crippen molar-refractivity contribution < 1.29 is 9.53 Å². The van der Waals surface area contributed by atoms with Gasteiger partial charge in [-0.05, 0) is 76.6 Å². The minimum atomic E-state index is -0.246. The molecule has 2 atom stereocenters. The van der Waals surface area contributed by atoms with Crippen molar-refractivity contribution in [3.8, 4) is 0 Å². The Morgan fingerprint density at radius 2 is 1.84 bits per heavy atom. The third kappa shape index (κ3) is 3.85. The van der Waals surface area contributed by atoms with Gasteiger partial charge in [0.2, 0.25) is 0 Å². The van der Waals surface area contributed by atoms with Crippen LogP contribution in [-0.2, 0) is 17.6 Å². The maximum atomic E-state index is 12.5. The molecule has 3 rings (SSSR count). The highest BCUT2D eigenvalue weighted by molar-refractivity contribution is 7.80. The number of rotatable bonds is 2. The van der Waals surface area contributed by atoms with Crippen LogP contribution in [-0.4, -0.2) is 35.2 Å². The SMILES string of the molecule is COC(=O)c1c(NC(=S)N2C(C)CCCC2C)sc2c1CCCCC2. The summed E-state index contributed by atoms with van der Waals surface area (Å²) in [6.45, 7) is 4.46. The third-order valence-corrected chi connectivity index (χ3v) is 6.98. The summed E-state index contributed by atoms with van der Waals surface area (Å²) in [5.74, 6) is -0.246. The van der Waals surface area contributed by atoms with E-state index in [1.165, 1.54) is 36.8 Å². The van der Waals surface area contributed by atoms with Gasteiger partial charge < -0.3 is 15.0 Å². The molecule has 0 bridgehead atoms. The van der Waals surface area contributed by atoms with Gasteiger partial charge in [-0.25, -0.2) is 4.79 Å². The summed E-state index contributed by atoms with van der Waals surface area (Å²) in [5.41, 5.74) is 1.89. The van der Waals surface area contributed by atoms with Crippen molar-refractivity contribution in [2.24, 2.45) is 0 Å². The number of hydrogen-bond donors (Lipinski definition) is 1. The van der Waals surface area contributed by atoms with Gasteiger partial charge in [-0.3, -0.25) is 0 Å². The summed E-state index contributed by atoms with van der Waals surface area (Å²) in [4.78, 5) is 16.1. The lowest BCUT2D eigenvalue weighted by Crippen LogP contribution is -2.49. The number of carbonyl (C=O) groups excluding carboxylic acids is 1. The van der Waals surface area contributed by atoms with Crippen LogP contribution in [0.15, 0.2) is 0 Å². The average Bonchev–Trinajstić information content (AvgIpc) is 2.75. The van der Waals surface area contributed by atoms with Gasteiger partial charge in [0.15, 0.2) is 5.11 Å². The Hall–Kier alpha value is -1.14. The van der Waals surface area contributed by atoms with E-state index in [1.807, 2.05) is 0 Å². The summed E-state index contributed by atoms with van der Waals surface area (Å²) in [7, 11) is 1.46. The number of carbonyl (C=O) groups is 1. The van der Waals surface area contributed by atoms with Gasteiger partial charge in [0.05, 0.1) is 12.7 Å². The van der Waals surface area contributed by atoms with Crippen molar-refractivity contribution in [3.63, 3.8) is 0 Å². The van der Waals surface area contributed by atoms with Crippen LogP contribution in [0.25, 0.3) is 0 Å². The zero-order chi connectivity index (χ0) is 18.0. The summed E-state index contributed by atoms with van der Waals surface area (Å²) in [6.07, 6.45) is 9.15. The molecular formula is C19H28N2O2S2. The number of thiophene rings is 1. The molecule has 0 aromatic carbocycles. The van der Waals surface area contributed by atoms with Gasteiger partial charge in [-0.2, -0.15) is 0 Å². The van der Waals surface area contributed by atoms with Crippen molar-refractivity contribution in [2.45, 2.75) is 77.3 Å². The summed E-state index contributed by atoms with van der Waals surface area (Å²) in [6, 6.07) is 0.867. The molecule has 0 spiro atoms. The number of likely N-dealkylation sites (tertiary alicyclic amines) is 1. The second-order valence-electron chi connectivity index (χ2n) is 7.23. The van der Waals surface area contributed by atoms with E-state index >= 15 is 0 Å². The van der Waals surface area contributed by atoms with Crippen LogP contribution in [0.5, 0.6) is 0 Å².